The molecule has 2 atom stereocenters. The predicted octanol–water partition coefficient (Wildman–Crippen LogP) is 1.83. The number of rotatable bonds is 5. The van der Waals surface area contributed by atoms with Gasteiger partial charge < -0.3 is 23.7 Å². The van der Waals surface area contributed by atoms with Crippen LogP contribution in [0.25, 0.3) is 0 Å². The van der Waals surface area contributed by atoms with Gasteiger partial charge in [0.25, 0.3) is 0 Å². The van der Waals surface area contributed by atoms with Crippen LogP contribution in [-0.2, 0) is 18.9 Å². The first kappa shape index (κ1) is 18.1. The van der Waals surface area contributed by atoms with E-state index in [0.29, 0.717) is 19.0 Å². The van der Waals surface area contributed by atoms with E-state index >= 15 is 0 Å². The number of likely N-dealkylation sites (tertiary alicyclic amines) is 1. The van der Waals surface area contributed by atoms with Crippen LogP contribution in [0.3, 0.4) is 0 Å². The fraction of sp³-hybridized carbons (Fsp3) is 0.684. The van der Waals surface area contributed by atoms with Gasteiger partial charge in [-0.25, -0.2) is 4.39 Å². The summed E-state index contributed by atoms with van der Waals surface area (Å²) < 4.78 is 42.1. The quantitative estimate of drug-likeness (QED) is 0.791. The highest BCUT2D eigenvalue weighted by Gasteiger charge is 2.37. The van der Waals surface area contributed by atoms with Crippen molar-refractivity contribution in [1.82, 2.24) is 4.90 Å². The topological polar surface area (TPSA) is 49.4 Å². The summed E-state index contributed by atoms with van der Waals surface area (Å²) in [5.74, 6) is 0.356. The Bertz CT molecular complexity index is 550. The van der Waals surface area contributed by atoms with E-state index in [-0.39, 0.29) is 30.4 Å². The normalized spacial score (nSPS) is 28.7. The van der Waals surface area contributed by atoms with Crippen molar-refractivity contribution in [3.05, 3.63) is 30.1 Å². The van der Waals surface area contributed by atoms with Crippen molar-refractivity contribution in [2.45, 2.75) is 37.4 Å². The van der Waals surface area contributed by atoms with E-state index in [1.54, 1.807) is 12.1 Å². The fourth-order valence-electron chi connectivity index (χ4n) is 3.60. The van der Waals surface area contributed by atoms with Gasteiger partial charge in [-0.05, 0) is 30.7 Å². The third kappa shape index (κ3) is 4.72. The highest BCUT2D eigenvalue weighted by molar-refractivity contribution is 5.22. The predicted molar refractivity (Wildman–Crippen MR) is 91.7 cm³/mol. The van der Waals surface area contributed by atoms with Crippen molar-refractivity contribution in [2.75, 3.05) is 46.1 Å². The Labute approximate surface area is 153 Å². The maximum absolute atomic E-state index is 13.0. The van der Waals surface area contributed by atoms with E-state index in [1.165, 1.54) is 12.1 Å². The molecule has 3 aliphatic heterocycles. The third-order valence-electron chi connectivity index (χ3n) is 4.98. The smallest absolute Gasteiger partial charge is 0.158 e. The second-order valence-corrected chi connectivity index (χ2v) is 7.01. The summed E-state index contributed by atoms with van der Waals surface area (Å²) in [4.78, 5) is 2.35. The standard InChI is InChI=1S/C19H26FNO5/c20-14-2-4-15(5-3-14)26-16-12-24-17-10-21(11-18(17)25-13-16)7-6-19-22-8-1-9-23-19/h2-5,16-19H,1,6-13H2/t17-,18-/m0/s1. The van der Waals surface area contributed by atoms with E-state index in [0.717, 1.165) is 45.7 Å². The van der Waals surface area contributed by atoms with Gasteiger partial charge in [0.05, 0.1) is 38.6 Å². The van der Waals surface area contributed by atoms with Gasteiger partial charge in [-0.3, -0.25) is 4.90 Å². The monoisotopic (exact) mass is 367 g/mol. The minimum atomic E-state index is -0.274. The molecule has 1 aromatic rings. The Morgan fingerprint density at radius 1 is 0.962 bits per heavy atom. The van der Waals surface area contributed by atoms with Crippen molar-refractivity contribution in [2.24, 2.45) is 0 Å². The number of hydrogen-bond donors (Lipinski definition) is 0. The lowest BCUT2D eigenvalue weighted by Crippen LogP contribution is -2.33. The van der Waals surface area contributed by atoms with E-state index in [1.807, 2.05) is 0 Å². The summed E-state index contributed by atoms with van der Waals surface area (Å²) in [6.07, 6.45) is 1.71. The minimum absolute atomic E-state index is 0.0602. The fourth-order valence-corrected chi connectivity index (χ4v) is 3.60. The average molecular weight is 367 g/mol. The first-order chi connectivity index (χ1) is 12.8. The summed E-state index contributed by atoms with van der Waals surface area (Å²) in [5, 5.41) is 0. The first-order valence-corrected chi connectivity index (χ1v) is 9.37. The molecule has 0 saturated carbocycles. The van der Waals surface area contributed by atoms with Crippen molar-refractivity contribution in [3.63, 3.8) is 0 Å². The lowest BCUT2D eigenvalue weighted by molar-refractivity contribution is -0.182. The second-order valence-electron chi connectivity index (χ2n) is 7.01. The van der Waals surface area contributed by atoms with Crippen LogP contribution in [0.1, 0.15) is 12.8 Å². The molecule has 3 saturated heterocycles. The van der Waals surface area contributed by atoms with E-state index in [4.69, 9.17) is 23.7 Å². The number of ether oxygens (including phenoxy) is 5. The second kappa shape index (κ2) is 8.63. The number of hydrogen-bond acceptors (Lipinski definition) is 6. The molecular formula is C19H26FNO5. The average Bonchev–Trinajstić information content (AvgIpc) is 2.98. The summed E-state index contributed by atoms with van der Waals surface area (Å²) >= 11 is 0. The first-order valence-electron chi connectivity index (χ1n) is 9.37. The highest BCUT2D eigenvalue weighted by Crippen LogP contribution is 2.23. The van der Waals surface area contributed by atoms with Crippen LogP contribution in [0.15, 0.2) is 24.3 Å². The molecule has 0 aliphatic carbocycles. The number of nitrogens with zero attached hydrogens (tertiary/aromatic N) is 1. The highest BCUT2D eigenvalue weighted by atomic mass is 19.1. The lowest BCUT2D eigenvalue weighted by Gasteiger charge is -2.25. The molecule has 4 rings (SSSR count). The molecule has 0 radical (unpaired) electrons. The van der Waals surface area contributed by atoms with Crippen LogP contribution in [-0.4, -0.2) is 75.6 Å². The molecule has 0 spiro atoms. The van der Waals surface area contributed by atoms with Gasteiger partial charge in [0.15, 0.2) is 6.29 Å². The van der Waals surface area contributed by atoms with Crippen LogP contribution in [0, 0.1) is 5.82 Å². The van der Waals surface area contributed by atoms with Crippen molar-refractivity contribution in [3.8, 4) is 5.75 Å². The van der Waals surface area contributed by atoms with E-state index in [2.05, 4.69) is 4.90 Å². The zero-order valence-electron chi connectivity index (χ0n) is 14.8. The van der Waals surface area contributed by atoms with Crippen LogP contribution in [0.5, 0.6) is 5.75 Å². The van der Waals surface area contributed by atoms with Gasteiger partial charge in [0.1, 0.15) is 17.7 Å². The molecule has 26 heavy (non-hydrogen) atoms. The zero-order chi connectivity index (χ0) is 17.8. The number of halogens is 1. The Morgan fingerprint density at radius 2 is 1.62 bits per heavy atom. The van der Waals surface area contributed by atoms with Crippen LogP contribution in [0.4, 0.5) is 4.39 Å². The molecule has 7 heteroatoms. The van der Waals surface area contributed by atoms with Crippen LogP contribution in [0.2, 0.25) is 0 Å². The summed E-state index contributed by atoms with van der Waals surface area (Å²) in [7, 11) is 0. The molecule has 3 heterocycles. The molecular weight excluding hydrogens is 341 g/mol. The van der Waals surface area contributed by atoms with Crippen molar-refractivity contribution in [1.29, 1.82) is 0 Å². The van der Waals surface area contributed by atoms with Crippen LogP contribution >= 0.6 is 0 Å². The van der Waals surface area contributed by atoms with Gasteiger partial charge in [-0.2, -0.15) is 0 Å². The molecule has 0 unspecified atom stereocenters. The van der Waals surface area contributed by atoms with Gasteiger partial charge in [-0.1, -0.05) is 0 Å². The van der Waals surface area contributed by atoms with Gasteiger partial charge in [-0.15, -0.1) is 0 Å². The molecule has 0 amide bonds. The molecule has 0 N–H and O–H groups in total. The SMILES string of the molecule is Fc1ccc(OC2CO[C@H]3CN(CCC4OCCCO4)C[C@@H]3OC2)cc1. The largest absolute Gasteiger partial charge is 0.486 e. The number of benzene rings is 1. The summed E-state index contributed by atoms with van der Waals surface area (Å²) in [5.41, 5.74) is 0. The van der Waals surface area contributed by atoms with E-state index < -0.39 is 0 Å². The maximum atomic E-state index is 13.0. The Hall–Kier alpha value is -1.25. The molecule has 3 aliphatic rings. The third-order valence-corrected chi connectivity index (χ3v) is 4.98. The molecule has 0 bridgehead atoms. The van der Waals surface area contributed by atoms with E-state index in [9.17, 15) is 4.39 Å². The van der Waals surface area contributed by atoms with Gasteiger partial charge in [0, 0.05) is 26.1 Å². The summed E-state index contributed by atoms with van der Waals surface area (Å²) in [6, 6.07) is 6.02. The lowest BCUT2D eigenvalue weighted by atomic mass is 10.3. The molecule has 0 aromatic heterocycles. The molecule has 1 aromatic carbocycles. The Kier molecular flexibility index (Phi) is 6.01. The zero-order valence-corrected chi connectivity index (χ0v) is 14.8. The Morgan fingerprint density at radius 3 is 2.27 bits per heavy atom. The minimum Gasteiger partial charge on any atom is -0.486 e. The van der Waals surface area contributed by atoms with Gasteiger partial charge >= 0.3 is 0 Å². The Balaban J connectivity index is 1.21. The molecule has 6 nitrogen and oxygen atoms in total. The maximum Gasteiger partial charge on any atom is 0.158 e. The van der Waals surface area contributed by atoms with Crippen LogP contribution < -0.4 is 4.74 Å². The van der Waals surface area contributed by atoms with Gasteiger partial charge in [0.2, 0.25) is 0 Å². The van der Waals surface area contributed by atoms with Crippen molar-refractivity contribution >= 4 is 0 Å². The molecule has 3 fully saturated rings. The summed E-state index contributed by atoms with van der Waals surface area (Å²) in [6.45, 7) is 5.14. The van der Waals surface area contributed by atoms with Crippen molar-refractivity contribution < 1.29 is 28.1 Å². The molecule has 144 valence electrons. The number of fused-ring (bicyclic) bond motifs is 1.